The molecule has 5 N–H and O–H groups in total. The first-order valence-electron chi connectivity index (χ1n) is 9.99. The highest BCUT2D eigenvalue weighted by molar-refractivity contribution is 5.99. The number of nitrogens with one attached hydrogen (secondary N) is 3. The number of hydrogen-bond donors (Lipinski definition) is 4. The lowest BCUT2D eigenvalue weighted by atomic mass is 10.2. The summed E-state index contributed by atoms with van der Waals surface area (Å²) in [7, 11) is 0. The lowest BCUT2D eigenvalue weighted by Gasteiger charge is -2.11. The zero-order valence-corrected chi connectivity index (χ0v) is 18.3. The van der Waals surface area contributed by atoms with E-state index in [1.54, 1.807) is 12.1 Å². The smallest absolute Gasteiger partial charge is 0.378 e. The van der Waals surface area contributed by atoms with Gasteiger partial charge in [-0.25, -0.2) is 9.59 Å². The van der Waals surface area contributed by atoms with Crippen LogP contribution >= 0.6 is 0 Å². The van der Waals surface area contributed by atoms with Crippen LogP contribution in [-0.4, -0.2) is 34.0 Å². The number of primary amides is 1. The molecule has 0 aliphatic carbocycles. The SMILES string of the molecule is NC(=O)c1nn(OC(=O)C(F)(F)F)cc1NCc1cccc(NC(=O)Nc2ccc(C(F)(F)F)cc2)c1. The molecule has 1 aromatic heterocycles. The summed E-state index contributed by atoms with van der Waals surface area (Å²) in [6, 6.07) is 9.22. The Morgan fingerprint density at radius 2 is 1.59 bits per heavy atom. The molecule has 0 saturated carbocycles. The number of benzene rings is 2. The molecule has 0 aliphatic rings. The van der Waals surface area contributed by atoms with Crippen molar-refractivity contribution in [1.29, 1.82) is 0 Å². The highest BCUT2D eigenvalue weighted by atomic mass is 19.4. The van der Waals surface area contributed by atoms with Crippen LogP contribution in [0.15, 0.2) is 54.7 Å². The Balaban J connectivity index is 1.63. The fraction of sp³-hybridized carbons (Fsp3) is 0.143. The minimum Gasteiger partial charge on any atom is -0.378 e. The van der Waals surface area contributed by atoms with Crippen LogP contribution in [0.25, 0.3) is 0 Å². The first kappa shape index (κ1) is 26.8. The second-order valence-corrected chi connectivity index (χ2v) is 7.24. The van der Waals surface area contributed by atoms with Crippen molar-refractivity contribution in [3.63, 3.8) is 0 Å². The van der Waals surface area contributed by atoms with Gasteiger partial charge in [0.05, 0.1) is 17.4 Å². The van der Waals surface area contributed by atoms with E-state index in [4.69, 9.17) is 5.73 Å². The summed E-state index contributed by atoms with van der Waals surface area (Å²) < 4.78 is 75.1. The van der Waals surface area contributed by atoms with Crippen LogP contribution in [0.5, 0.6) is 0 Å². The Bertz CT molecular complexity index is 1300. The van der Waals surface area contributed by atoms with Gasteiger partial charge in [-0.3, -0.25) is 4.79 Å². The summed E-state index contributed by atoms with van der Waals surface area (Å²) in [5, 5.41) is 11.0. The summed E-state index contributed by atoms with van der Waals surface area (Å²) >= 11 is 0. The average Bonchev–Trinajstić information content (AvgIpc) is 3.20. The number of anilines is 3. The summed E-state index contributed by atoms with van der Waals surface area (Å²) in [6.07, 6.45) is -9.00. The van der Waals surface area contributed by atoms with E-state index in [1.807, 2.05) is 0 Å². The Morgan fingerprint density at radius 1 is 0.946 bits per heavy atom. The van der Waals surface area contributed by atoms with E-state index >= 15 is 0 Å². The molecule has 196 valence electrons. The quantitative estimate of drug-likeness (QED) is 0.343. The summed E-state index contributed by atoms with van der Waals surface area (Å²) in [5.41, 5.74) is 4.57. The third kappa shape index (κ3) is 7.36. The van der Waals surface area contributed by atoms with E-state index in [2.05, 4.69) is 25.9 Å². The molecule has 1 heterocycles. The van der Waals surface area contributed by atoms with Gasteiger partial charge in [0.25, 0.3) is 5.91 Å². The van der Waals surface area contributed by atoms with Gasteiger partial charge in [-0.2, -0.15) is 26.3 Å². The topological polar surface area (TPSA) is 140 Å². The minimum atomic E-state index is -5.29. The van der Waals surface area contributed by atoms with Gasteiger partial charge in [0, 0.05) is 17.9 Å². The largest absolute Gasteiger partial charge is 0.493 e. The minimum absolute atomic E-state index is 0.0325. The molecule has 0 aliphatic heterocycles. The number of amides is 3. The maximum Gasteiger partial charge on any atom is 0.493 e. The van der Waals surface area contributed by atoms with E-state index in [1.165, 1.54) is 12.1 Å². The Kier molecular flexibility index (Phi) is 7.59. The third-order valence-electron chi connectivity index (χ3n) is 4.47. The van der Waals surface area contributed by atoms with Crippen molar-refractivity contribution in [1.82, 2.24) is 9.94 Å². The molecule has 0 fully saturated rings. The number of hydrogen-bond acceptors (Lipinski definition) is 6. The number of nitrogens with two attached hydrogens (primary N) is 1. The molecule has 0 saturated heterocycles. The van der Waals surface area contributed by atoms with Crippen LogP contribution in [0.4, 0.5) is 48.2 Å². The summed E-state index contributed by atoms with van der Waals surface area (Å²) in [6.45, 7) is -0.0325. The maximum absolute atomic E-state index is 12.6. The molecule has 3 aromatic rings. The zero-order valence-electron chi connectivity index (χ0n) is 18.3. The monoisotopic (exact) mass is 530 g/mol. The molecule has 2 aromatic carbocycles. The molecular weight excluding hydrogens is 514 g/mol. The molecule has 0 bridgehead atoms. The first-order chi connectivity index (χ1) is 17.2. The number of rotatable bonds is 7. The van der Waals surface area contributed by atoms with E-state index in [9.17, 15) is 40.7 Å². The van der Waals surface area contributed by atoms with Gasteiger partial charge in [0.1, 0.15) is 0 Å². The second-order valence-electron chi connectivity index (χ2n) is 7.24. The van der Waals surface area contributed by atoms with Crippen molar-refractivity contribution >= 4 is 35.0 Å². The highest BCUT2D eigenvalue weighted by Gasteiger charge is 2.42. The van der Waals surface area contributed by atoms with Gasteiger partial charge in [-0.05, 0) is 42.0 Å². The maximum atomic E-state index is 12.6. The third-order valence-corrected chi connectivity index (χ3v) is 4.47. The van der Waals surface area contributed by atoms with Crippen LogP contribution in [0.2, 0.25) is 0 Å². The van der Waals surface area contributed by atoms with Crippen molar-refractivity contribution < 1.29 is 45.6 Å². The number of aromatic nitrogens is 2. The summed E-state index contributed by atoms with van der Waals surface area (Å²) in [4.78, 5) is 38.9. The molecule has 0 atom stereocenters. The van der Waals surface area contributed by atoms with E-state index in [0.29, 0.717) is 5.56 Å². The van der Waals surface area contributed by atoms with Crippen molar-refractivity contribution in [3.8, 4) is 0 Å². The lowest BCUT2D eigenvalue weighted by molar-refractivity contribution is -0.201. The Hall–Kier alpha value is -4.76. The van der Waals surface area contributed by atoms with E-state index < -0.39 is 41.5 Å². The van der Waals surface area contributed by atoms with Crippen molar-refractivity contribution in [2.45, 2.75) is 18.9 Å². The molecule has 10 nitrogen and oxygen atoms in total. The van der Waals surface area contributed by atoms with Crippen molar-refractivity contribution in [2.75, 3.05) is 16.0 Å². The van der Waals surface area contributed by atoms with Crippen LogP contribution in [-0.2, 0) is 17.5 Å². The van der Waals surface area contributed by atoms with Gasteiger partial charge in [0.2, 0.25) is 0 Å². The van der Waals surface area contributed by atoms with Crippen LogP contribution in [0.1, 0.15) is 21.6 Å². The normalized spacial score (nSPS) is 11.5. The predicted octanol–water partition coefficient (Wildman–Crippen LogP) is 3.77. The highest BCUT2D eigenvalue weighted by Crippen LogP contribution is 2.29. The number of carbonyl (C=O) groups is 3. The molecule has 16 heteroatoms. The molecule has 37 heavy (non-hydrogen) atoms. The van der Waals surface area contributed by atoms with Gasteiger partial charge >= 0.3 is 24.4 Å². The van der Waals surface area contributed by atoms with Gasteiger partial charge in [-0.1, -0.05) is 17.0 Å². The van der Waals surface area contributed by atoms with Crippen LogP contribution in [0, 0.1) is 0 Å². The van der Waals surface area contributed by atoms with Gasteiger partial charge < -0.3 is 26.5 Å². The Labute approximate surface area is 203 Å². The number of carbonyl (C=O) groups excluding carboxylic acids is 3. The van der Waals surface area contributed by atoms with Crippen molar-refractivity contribution in [3.05, 3.63) is 71.5 Å². The van der Waals surface area contributed by atoms with Gasteiger partial charge in [0.15, 0.2) is 5.69 Å². The molecule has 3 amide bonds. The van der Waals surface area contributed by atoms with E-state index in [-0.39, 0.29) is 28.5 Å². The fourth-order valence-corrected chi connectivity index (χ4v) is 2.84. The Morgan fingerprint density at radius 3 is 2.19 bits per heavy atom. The standard InChI is InChI=1S/C21H16F6N6O4/c22-20(23,24)12-4-6-13(7-5-12)30-19(36)31-14-3-1-2-11(8-14)9-29-15-10-33(32-16(15)17(28)34)37-18(35)21(25,26)27/h1-8,10,29H,9H2,(H2,28,34)(H2,30,31,36). The number of halogens is 6. The number of alkyl halides is 6. The van der Waals surface area contributed by atoms with Crippen LogP contribution in [0.3, 0.4) is 0 Å². The van der Waals surface area contributed by atoms with Crippen molar-refractivity contribution in [2.24, 2.45) is 5.73 Å². The molecule has 0 radical (unpaired) electrons. The van der Waals surface area contributed by atoms with E-state index in [0.717, 1.165) is 30.5 Å². The lowest BCUT2D eigenvalue weighted by Crippen LogP contribution is -2.33. The molecular formula is C21H16F6N6O4. The number of urea groups is 1. The molecule has 0 unspecified atom stereocenters. The summed E-state index contributed by atoms with van der Waals surface area (Å²) in [5.74, 6) is -3.68. The predicted molar refractivity (Wildman–Crippen MR) is 116 cm³/mol. The van der Waals surface area contributed by atoms with Gasteiger partial charge in [-0.15, -0.1) is 5.10 Å². The fourth-order valence-electron chi connectivity index (χ4n) is 2.84. The first-order valence-corrected chi connectivity index (χ1v) is 9.99. The molecule has 0 spiro atoms. The second kappa shape index (κ2) is 10.5. The average molecular weight is 530 g/mol. The molecule has 3 rings (SSSR count). The number of nitrogens with zero attached hydrogens (tertiary/aromatic N) is 2. The zero-order chi connectivity index (χ0) is 27.4. The van der Waals surface area contributed by atoms with Crippen LogP contribution < -0.4 is 26.5 Å².